The summed E-state index contributed by atoms with van der Waals surface area (Å²) < 4.78 is 25.0. The first-order valence-corrected chi connectivity index (χ1v) is 26.9. The average Bonchev–Trinajstić information content (AvgIpc) is 3.76. The third kappa shape index (κ3) is 8.22. The predicted octanol–water partition coefficient (Wildman–Crippen LogP) is 9.38. The molecule has 66 heavy (non-hydrogen) atoms. The molecule has 6 saturated carbocycles. The third-order valence-corrected chi connectivity index (χ3v) is 20.8. The second-order valence-corrected chi connectivity index (χ2v) is 24.3. The Bertz CT molecular complexity index is 2220. The zero-order valence-corrected chi connectivity index (χ0v) is 41.1. The molecule has 3 unspecified atom stereocenters. The van der Waals surface area contributed by atoms with E-state index < -0.39 is 37.0 Å². The third-order valence-electron chi connectivity index (χ3n) is 20.3. The molecule has 0 spiro atoms. The van der Waals surface area contributed by atoms with Crippen molar-refractivity contribution in [3.05, 3.63) is 52.6 Å². The molecule has 8 aliphatic carbocycles. The first-order valence-electron chi connectivity index (χ1n) is 25.4. The smallest absolute Gasteiger partial charge is 0.469 e. The number of nitrogens with zero attached hydrogens (tertiary/aromatic N) is 1. The van der Waals surface area contributed by atoms with E-state index in [0.29, 0.717) is 57.1 Å². The number of benzene rings is 1. The van der Waals surface area contributed by atoms with Gasteiger partial charge in [0.15, 0.2) is 5.78 Å². The Morgan fingerprint density at radius 3 is 2.44 bits per heavy atom. The molecule has 16 atom stereocenters. The topological polar surface area (TPSA) is 174 Å². The number of ketones is 1. The number of likely N-dealkylation sites (N-methyl/N-ethyl adjacent to an activating group) is 1. The number of anilines is 1. The summed E-state index contributed by atoms with van der Waals surface area (Å²) >= 11 is 0. The Morgan fingerprint density at radius 2 is 1.73 bits per heavy atom. The molecule has 9 rings (SSSR count). The number of ether oxygens (including phenoxy) is 1. The number of allylic oxidation sites excluding steroid dienone is 4. The van der Waals surface area contributed by atoms with E-state index in [0.717, 1.165) is 69.9 Å². The highest BCUT2D eigenvalue weighted by atomic mass is 31.2. The predicted molar refractivity (Wildman–Crippen MR) is 253 cm³/mol. The Morgan fingerprint density at radius 1 is 0.970 bits per heavy atom. The molecule has 1 aromatic rings. The summed E-state index contributed by atoms with van der Waals surface area (Å²) in [7, 11) is -2.71. The molecule has 0 heterocycles. The van der Waals surface area contributed by atoms with Gasteiger partial charge in [0.1, 0.15) is 5.60 Å². The van der Waals surface area contributed by atoms with Crippen molar-refractivity contribution in [3.8, 4) is 11.8 Å². The second-order valence-electron chi connectivity index (χ2n) is 23.1. The fourth-order valence-corrected chi connectivity index (χ4v) is 17.5. The van der Waals surface area contributed by atoms with E-state index in [9.17, 15) is 39.3 Å². The summed E-state index contributed by atoms with van der Waals surface area (Å²) in [6, 6.07) is 8.95. The highest BCUT2D eigenvalue weighted by molar-refractivity contribution is 7.46. The Balaban J connectivity index is 0.870. The van der Waals surface area contributed by atoms with Crippen molar-refractivity contribution >= 4 is 25.3 Å². The minimum absolute atomic E-state index is 0.00550. The number of aliphatic carboxylic acids is 1. The first kappa shape index (κ1) is 48.2. The minimum atomic E-state index is -4.81. The summed E-state index contributed by atoms with van der Waals surface area (Å²) in [5.41, 5.74) is 4.52. The van der Waals surface area contributed by atoms with Crippen LogP contribution in [-0.2, 0) is 23.4 Å². The molecule has 0 amide bonds. The highest BCUT2D eigenvalue weighted by Crippen LogP contribution is 2.70. The number of aliphatic hydroxyl groups excluding tert-OH is 1. The molecule has 8 aliphatic rings. The van der Waals surface area contributed by atoms with Crippen LogP contribution in [0.3, 0.4) is 0 Å². The molecule has 1 aromatic carbocycles. The van der Waals surface area contributed by atoms with E-state index in [1.54, 1.807) is 0 Å². The van der Waals surface area contributed by atoms with Crippen LogP contribution in [0.5, 0.6) is 0 Å². The zero-order valence-electron chi connectivity index (χ0n) is 40.2. The van der Waals surface area contributed by atoms with Gasteiger partial charge in [0, 0.05) is 43.5 Å². The summed E-state index contributed by atoms with van der Waals surface area (Å²) in [5.74, 6) is 6.96. The number of rotatable bonds is 12. The number of carbonyl (C=O) groups is 2. The lowest BCUT2D eigenvalue weighted by atomic mass is 9.43. The van der Waals surface area contributed by atoms with Crippen molar-refractivity contribution in [2.45, 2.75) is 167 Å². The maximum absolute atomic E-state index is 12.6. The van der Waals surface area contributed by atoms with Gasteiger partial charge in [-0.05, 0) is 190 Å². The normalized spacial score (nSPS) is 42.1. The van der Waals surface area contributed by atoms with Crippen LogP contribution in [0.15, 0.2) is 47.1 Å². The standard InChI is InChI=1S/C54H76NO10P/c1-7-22-54(60)24-21-43-40-15-11-34-27-37(56)14-16-39(34)49(40)41(31-52(43,54)4)33-9-12-36(13-10-33)55(6)25-26-64-38-20-23-51(3)35(28-38)29-46(65-66(61,62)63)50-44-18-17-42(32(2)8-19-48(58)59)53(44,5)47(57)30-45(50)51/h9-10,12-13,27,32,35,38,40-47,50,57,60H,8,11,14-21,23-26,28-31H2,1-6H3,(H,58,59)(H2,61,62,63)/t32-,35+,38+,40?,41-,42?,43?,44+,45+,46-,47+,50+,51+,52+,53-,54+/m1/s1. The molecule has 0 aliphatic heterocycles. The van der Waals surface area contributed by atoms with Gasteiger partial charge in [-0.3, -0.25) is 14.1 Å². The van der Waals surface area contributed by atoms with E-state index in [4.69, 9.17) is 9.26 Å². The quantitative estimate of drug-likeness (QED) is 0.0999. The highest BCUT2D eigenvalue weighted by Gasteiger charge is 2.67. The van der Waals surface area contributed by atoms with Crippen molar-refractivity contribution in [1.82, 2.24) is 0 Å². The van der Waals surface area contributed by atoms with E-state index in [1.165, 1.54) is 22.3 Å². The largest absolute Gasteiger partial charge is 0.481 e. The van der Waals surface area contributed by atoms with Gasteiger partial charge in [0.25, 0.3) is 0 Å². The lowest BCUT2D eigenvalue weighted by Crippen LogP contribution is -2.62. The van der Waals surface area contributed by atoms with Gasteiger partial charge in [0.2, 0.25) is 0 Å². The first-order chi connectivity index (χ1) is 31.2. The molecule has 6 fully saturated rings. The van der Waals surface area contributed by atoms with Gasteiger partial charge in [-0.25, -0.2) is 4.57 Å². The maximum Gasteiger partial charge on any atom is 0.469 e. The monoisotopic (exact) mass is 930 g/mol. The maximum atomic E-state index is 12.6. The summed E-state index contributed by atoms with van der Waals surface area (Å²) in [5, 5.41) is 33.6. The Kier molecular flexibility index (Phi) is 13.0. The van der Waals surface area contributed by atoms with Crippen LogP contribution in [0.1, 0.15) is 149 Å². The number of aliphatic hydroxyl groups is 2. The molecule has 0 radical (unpaired) electrons. The minimum Gasteiger partial charge on any atom is -0.481 e. The number of carbonyl (C=O) groups excluding carboxylic acids is 1. The molecular formula is C54H76NO10P. The molecule has 11 nitrogen and oxygen atoms in total. The molecular weight excluding hydrogens is 854 g/mol. The number of hydrogen-bond donors (Lipinski definition) is 5. The van der Waals surface area contributed by atoms with Crippen LogP contribution in [-0.4, -0.2) is 81.0 Å². The lowest BCUT2D eigenvalue weighted by molar-refractivity contribution is -0.206. The van der Waals surface area contributed by atoms with Crippen LogP contribution < -0.4 is 4.90 Å². The zero-order chi connectivity index (χ0) is 47.1. The van der Waals surface area contributed by atoms with Crippen molar-refractivity contribution < 1.29 is 48.5 Å². The fourth-order valence-electron chi connectivity index (χ4n) is 16.9. The molecule has 0 aromatic heterocycles. The van der Waals surface area contributed by atoms with E-state index in [1.807, 2.05) is 13.0 Å². The molecule has 0 saturated heterocycles. The van der Waals surface area contributed by atoms with Gasteiger partial charge in [-0.2, -0.15) is 0 Å². The van der Waals surface area contributed by atoms with Crippen molar-refractivity contribution in [1.29, 1.82) is 0 Å². The van der Waals surface area contributed by atoms with Gasteiger partial charge in [0.05, 0.1) is 24.9 Å². The van der Waals surface area contributed by atoms with Gasteiger partial charge in [-0.1, -0.05) is 51.3 Å². The number of phosphoric acid groups is 1. The van der Waals surface area contributed by atoms with Crippen LogP contribution in [0.4, 0.5) is 5.69 Å². The van der Waals surface area contributed by atoms with Crippen LogP contribution in [0.25, 0.3) is 0 Å². The summed E-state index contributed by atoms with van der Waals surface area (Å²) in [6.07, 6.45) is 12.5. The van der Waals surface area contributed by atoms with E-state index in [2.05, 4.69) is 75.7 Å². The van der Waals surface area contributed by atoms with E-state index in [-0.39, 0.29) is 70.6 Å². The second kappa shape index (κ2) is 17.9. The Hall–Kier alpha value is -2.81. The van der Waals surface area contributed by atoms with Crippen LogP contribution >= 0.6 is 7.82 Å². The molecule has 5 N–H and O–H groups in total. The average molecular weight is 930 g/mol. The number of carboxylic acid groups (broad SMARTS) is 1. The van der Waals surface area contributed by atoms with E-state index >= 15 is 0 Å². The number of hydrogen-bond acceptors (Lipinski definition) is 8. The summed E-state index contributed by atoms with van der Waals surface area (Å²) in [4.78, 5) is 46.7. The van der Waals surface area contributed by atoms with Gasteiger partial charge >= 0.3 is 13.8 Å². The molecule has 0 bridgehead atoms. The Labute approximate surface area is 392 Å². The molecule has 362 valence electrons. The van der Waals surface area contributed by atoms with Crippen LogP contribution in [0.2, 0.25) is 0 Å². The molecule has 12 heteroatoms. The van der Waals surface area contributed by atoms with Crippen LogP contribution in [0, 0.1) is 75.4 Å². The number of fused-ring (bicyclic) bond motifs is 9. The number of carboxylic acids is 1. The van der Waals surface area contributed by atoms with Gasteiger partial charge in [-0.15, -0.1) is 5.92 Å². The van der Waals surface area contributed by atoms with Gasteiger partial charge < -0.3 is 34.7 Å². The fraction of sp³-hybridized carbons (Fsp3) is 0.741. The summed E-state index contributed by atoms with van der Waals surface area (Å²) in [6.45, 7) is 11.9. The number of phosphoric ester groups is 1. The SMILES string of the molecule is CC#C[C@]1(O)CCC2C3CCC4=CC(=O)CCC4=C3[C@@H](c3ccc(N(C)CCO[C@H]4CC[C@@]5(C)[C@@H](C4)C[C@@H](OP(=O)(O)O)[C@@H]4[C@@H]5C[C@H](O)[C@]5(C)C([C@H](C)CCC(=O)O)CC[C@@H]45)cc3)C[C@@]21C. The van der Waals surface area contributed by atoms with Crippen molar-refractivity contribution in [3.63, 3.8) is 0 Å². The van der Waals surface area contributed by atoms with Crippen molar-refractivity contribution in [2.75, 3.05) is 25.1 Å². The van der Waals surface area contributed by atoms with Crippen molar-refractivity contribution in [2.24, 2.45) is 63.6 Å². The lowest BCUT2D eigenvalue weighted by Gasteiger charge is -2.64.